The summed E-state index contributed by atoms with van der Waals surface area (Å²) in [4.78, 5) is 22.7. The average Bonchev–Trinajstić information content (AvgIpc) is 2.91. The molecular formula is C17H18N4O. The van der Waals surface area contributed by atoms with Crippen molar-refractivity contribution in [3.8, 4) is 0 Å². The molecule has 0 spiro atoms. The van der Waals surface area contributed by atoms with Crippen molar-refractivity contribution in [2.75, 3.05) is 7.05 Å². The highest BCUT2D eigenvalue weighted by molar-refractivity contribution is 5.98. The molecule has 1 amide bonds. The highest BCUT2D eigenvalue weighted by Gasteiger charge is 2.22. The van der Waals surface area contributed by atoms with Gasteiger partial charge in [0.05, 0.1) is 11.7 Å². The normalized spacial score (nSPS) is 12.3. The predicted molar refractivity (Wildman–Crippen MR) is 85.5 cm³/mol. The fourth-order valence-electron chi connectivity index (χ4n) is 2.60. The van der Waals surface area contributed by atoms with E-state index in [0.29, 0.717) is 5.69 Å². The Kier molecular flexibility index (Phi) is 3.63. The van der Waals surface area contributed by atoms with Crippen LogP contribution < -0.4 is 0 Å². The Balaban J connectivity index is 1.93. The largest absolute Gasteiger partial charge is 0.340 e. The number of carbonyl (C=O) groups excluding carboxylic acids is 1. The van der Waals surface area contributed by atoms with E-state index in [1.54, 1.807) is 18.1 Å². The number of hydrogen-bond donors (Lipinski definition) is 0. The molecule has 2 aromatic heterocycles. The molecule has 2 heterocycles. The molecule has 5 nitrogen and oxygen atoms in total. The zero-order valence-corrected chi connectivity index (χ0v) is 12.9. The highest BCUT2D eigenvalue weighted by atomic mass is 16.2. The third kappa shape index (κ3) is 2.35. The molecule has 112 valence electrons. The Morgan fingerprint density at radius 1 is 1.27 bits per heavy atom. The number of nitrogens with zero attached hydrogens (tertiary/aromatic N) is 4. The van der Waals surface area contributed by atoms with Crippen LogP contribution in [-0.4, -0.2) is 32.4 Å². The lowest BCUT2D eigenvalue weighted by molar-refractivity contribution is 0.0730. The van der Waals surface area contributed by atoms with E-state index in [-0.39, 0.29) is 11.9 Å². The summed E-state index contributed by atoms with van der Waals surface area (Å²) in [5, 5.41) is 1.07. The molecule has 1 aromatic carbocycles. The van der Waals surface area contributed by atoms with Crippen molar-refractivity contribution < 1.29 is 4.79 Å². The first-order valence-electron chi connectivity index (χ1n) is 7.17. The summed E-state index contributed by atoms with van der Waals surface area (Å²) in [5.41, 5.74) is 2.54. The Morgan fingerprint density at radius 3 is 2.73 bits per heavy atom. The second kappa shape index (κ2) is 5.60. The number of benzene rings is 1. The van der Waals surface area contributed by atoms with Gasteiger partial charge in [-0.3, -0.25) is 4.79 Å². The molecule has 0 radical (unpaired) electrons. The third-order valence-corrected chi connectivity index (χ3v) is 4.10. The lowest BCUT2D eigenvalue weighted by Gasteiger charge is -2.24. The van der Waals surface area contributed by atoms with Crippen LogP contribution in [0.2, 0.25) is 0 Å². The van der Waals surface area contributed by atoms with Crippen LogP contribution in [0.25, 0.3) is 10.9 Å². The summed E-state index contributed by atoms with van der Waals surface area (Å²) in [6.45, 7) is 1.96. The fourth-order valence-corrected chi connectivity index (χ4v) is 2.60. The second-order valence-corrected chi connectivity index (χ2v) is 5.37. The van der Waals surface area contributed by atoms with Crippen LogP contribution >= 0.6 is 0 Å². The molecule has 3 aromatic rings. The van der Waals surface area contributed by atoms with E-state index < -0.39 is 0 Å². The van der Waals surface area contributed by atoms with Gasteiger partial charge in [0, 0.05) is 31.2 Å². The number of aryl methyl sites for hydroxylation is 1. The minimum Gasteiger partial charge on any atom is -0.340 e. The first-order valence-corrected chi connectivity index (χ1v) is 7.17. The van der Waals surface area contributed by atoms with Gasteiger partial charge < -0.3 is 9.47 Å². The van der Waals surface area contributed by atoms with Crippen molar-refractivity contribution >= 4 is 16.8 Å². The van der Waals surface area contributed by atoms with Gasteiger partial charge in [-0.2, -0.15) is 0 Å². The lowest BCUT2D eigenvalue weighted by atomic mass is 10.2. The second-order valence-electron chi connectivity index (χ2n) is 5.37. The Hall–Kier alpha value is -2.69. The maximum Gasteiger partial charge on any atom is 0.270 e. The molecule has 1 atom stereocenters. The van der Waals surface area contributed by atoms with E-state index in [2.05, 4.69) is 9.97 Å². The molecule has 22 heavy (non-hydrogen) atoms. The van der Waals surface area contributed by atoms with Crippen LogP contribution in [0.15, 0.2) is 48.9 Å². The van der Waals surface area contributed by atoms with Gasteiger partial charge in [-0.05, 0) is 25.1 Å². The van der Waals surface area contributed by atoms with Gasteiger partial charge in [-0.1, -0.05) is 18.2 Å². The average molecular weight is 294 g/mol. The standard InChI is InChI=1S/C17H18N4O/c1-12(14-8-9-18-11-19-14)20(2)17(22)16-10-13-6-4-5-7-15(13)21(16)3/h4-12H,1-3H3/t12-/m0/s1. The summed E-state index contributed by atoms with van der Waals surface area (Å²) in [6.07, 6.45) is 3.19. The number of fused-ring (bicyclic) bond motifs is 1. The maximum atomic E-state index is 12.8. The van der Waals surface area contributed by atoms with E-state index >= 15 is 0 Å². The molecule has 0 aliphatic heterocycles. The van der Waals surface area contributed by atoms with Gasteiger partial charge in [0.25, 0.3) is 5.91 Å². The van der Waals surface area contributed by atoms with Gasteiger partial charge in [-0.25, -0.2) is 9.97 Å². The molecule has 3 rings (SSSR count). The van der Waals surface area contributed by atoms with Crippen LogP contribution in [0.5, 0.6) is 0 Å². The molecule has 0 fully saturated rings. The zero-order valence-electron chi connectivity index (χ0n) is 12.9. The summed E-state index contributed by atoms with van der Waals surface area (Å²) in [7, 11) is 3.71. The number of amides is 1. The van der Waals surface area contributed by atoms with Crippen LogP contribution in [0.1, 0.15) is 29.1 Å². The van der Waals surface area contributed by atoms with Crippen molar-refractivity contribution in [3.05, 3.63) is 60.3 Å². The first kappa shape index (κ1) is 14.3. The van der Waals surface area contributed by atoms with E-state index in [4.69, 9.17) is 0 Å². The Labute approximate surface area is 129 Å². The molecule has 0 aliphatic carbocycles. The van der Waals surface area contributed by atoms with Crippen molar-refractivity contribution in [2.24, 2.45) is 7.05 Å². The lowest BCUT2D eigenvalue weighted by Crippen LogP contribution is -2.31. The topological polar surface area (TPSA) is 51.0 Å². The van der Waals surface area contributed by atoms with Gasteiger partial charge in [-0.15, -0.1) is 0 Å². The number of para-hydroxylation sites is 1. The number of rotatable bonds is 3. The Morgan fingerprint density at radius 2 is 2.05 bits per heavy atom. The number of aromatic nitrogens is 3. The van der Waals surface area contributed by atoms with Crippen LogP contribution in [0, 0.1) is 0 Å². The Bertz CT molecular complexity index is 810. The van der Waals surface area contributed by atoms with Crippen LogP contribution in [-0.2, 0) is 7.05 Å². The molecular weight excluding hydrogens is 276 g/mol. The van der Waals surface area contributed by atoms with Crippen LogP contribution in [0.4, 0.5) is 0 Å². The smallest absolute Gasteiger partial charge is 0.270 e. The van der Waals surface area contributed by atoms with Crippen molar-refractivity contribution in [3.63, 3.8) is 0 Å². The van der Waals surface area contributed by atoms with E-state index in [1.807, 2.05) is 54.9 Å². The SMILES string of the molecule is C[C@@H](c1ccncn1)N(C)C(=O)c1cc2ccccc2n1C. The zero-order chi connectivity index (χ0) is 15.7. The summed E-state index contributed by atoms with van der Waals surface area (Å²) >= 11 is 0. The van der Waals surface area contributed by atoms with E-state index in [1.165, 1.54) is 6.33 Å². The van der Waals surface area contributed by atoms with Crippen molar-refractivity contribution in [1.82, 2.24) is 19.4 Å². The molecule has 0 unspecified atom stereocenters. The summed E-state index contributed by atoms with van der Waals surface area (Å²) in [5.74, 6) is -0.0233. The van der Waals surface area contributed by atoms with Crippen LogP contribution in [0.3, 0.4) is 0 Å². The number of carbonyl (C=O) groups is 1. The van der Waals surface area contributed by atoms with E-state index in [9.17, 15) is 4.79 Å². The monoisotopic (exact) mass is 294 g/mol. The molecule has 0 saturated heterocycles. The minimum atomic E-state index is -0.117. The highest BCUT2D eigenvalue weighted by Crippen LogP contribution is 2.22. The fraction of sp³-hybridized carbons (Fsp3) is 0.235. The maximum absolute atomic E-state index is 12.8. The third-order valence-electron chi connectivity index (χ3n) is 4.10. The van der Waals surface area contributed by atoms with Crippen molar-refractivity contribution in [2.45, 2.75) is 13.0 Å². The van der Waals surface area contributed by atoms with Gasteiger partial charge in [0.1, 0.15) is 12.0 Å². The molecule has 0 bridgehead atoms. The molecule has 5 heteroatoms. The quantitative estimate of drug-likeness (QED) is 0.746. The van der Waals surface area contributed by atoms with E-state index in [0.717, 1.165) is 16.6 Å². The minimum absolute atomic E-state index is 0.0233. The summed E-state index contributed by atoms with van der Waals surface area (Å²) in [6, 6.07) is 11.6. The van der Waals surface area contributed by atoms with Gasteiger partial charge >= 0.3 is 0 Å². The summed E-state index contributed by atoms with van der Waals surface area (Å²) < 4.78 is 1.93. The van der Waals surface area contributed by atoms with Crippen molar-refractivity contribution in [1.29, 1.82) is 0 Å². The van der Waals surface area contributed by atoms with Gasteiger partial charge in [0.15, 0.2) is 0 Å². The first-order chi connectivity index (χ1) is 10.6. The molecule has 0 saturated carbocycles. The predicted octanol–water partition coefficient (Wildman–Crippen LogP) is 2.80. The molecule has 0 aliphatic rings. The molecule has 0 N–H and O–H groups in total. The van der Waals surface area contributed by atoms with Gasteiger partial charge in [0.2, 0.25) is 0 Å². The number of hydrogen-bond acceptors (Lipinski definition) is 3.